The van der Waals surface area contributed by atoms with E-state index in [4.69, 9.17) is 10.8 Å². The van der Waals surface area contributed by atoms with Gasteiger partial charge in [-0.3, -0.25) is 0 Å². The molecule has 1 atom stereocenters. The van der Waals surface area contributed by atoms with Crippen LogP contribution in [0, 0.1) is 0 Å². The van der Waals surface area contributed by atoms with Gasteiger partial charge in [-0.2, -0.15) is 0 Å². The molecular formula is C12H15NO5. The maximum absolute atomic E-state index is 11.4. The molecule has 18 heavy (non-hydrogen) atoms. The number of carbonyl (C=O) groups excluding carboxylic acids is 2. The van der Waals surface area contributed by atoms with Crippen LogP contribution in [0.3, 0.4) is 0 Å². The molecule has 0 fully saturated rings. The van der Waals surface area contributed by atoms with E-state index >= 15 is 0 Å². The van der Waals surface area contributed by atoms with E-state index in [1.807, 2.05) is 0 Å². The number of aromatic hydroxyl groups is 1. The van der Waals surface area contributed by atoms with Crippen molar-refractivity contribution in [1.29, 1.82) is 0 Å². The highest BCUT2D eigenvalue weighted by atomic mass is 17.2. The standard InChI is InChI=1S/C12H15NO5/c1-2-11(15)17-18-12(16)10(13)7-8-3-5-9(14)6-4-8/h3-6,10,14H,2,7,13H2,1H3. The molecule has 0 aromatic heterocycles. The molecule has 1 aromatic rings. The van der Waals surface area contributed by atoms with Gasteiger partial charge in [-0.05, 0) is 24.1 Å². The zero-order chi connectivity index (χ0) is 13.5. The van der Waals surface area contributed by atoms with Crippen molar-refractivity contribution >= 4 is 11.9 Å². The number of carbonyl (C=O) groups is 2. The van der Waals surface area contributed by atoms with E-state index in [-0.39, 0.29) is 18.6 Å². The number of phenolic OH excluding ortho intramolecular Hbond substituents is 1. The first-order valence-corrected chi connectivity index (χ1v) is 5.47. The molecule has 6 nitrogen and oxygen atoms in total. The topological polar surface area (TPSA) is 98.9 Å². The fourth-order valence-corrected chi connectivity index (χ4v) is 1.18. The Bertz CT molecular complexity index is 415. The van der Waals surface area contributed by atoms with Crippen molar-refractivity contribution in [2.45, 2.75) is 25.8 Å². The van der Waals surface area contributed by atoms with Crippen LogP contribution >= 0.6 is 0 Å². The third-order valence-corrected chi connectivity index (χ3v) is 2.20. The van der Waals surface area contributed by atoms with Gasteiger partial charge in [-0.25, -0.2) is 19.4 Å². The molecule has 0 amide bonds. The fourth-order valence-electron chi connectivity index (χ4n) is 1.18. The van der Waals surface area contributed by atoms with Gasteiger partial charge in [-0.1, -0.05) is 19.1 Å². The van der Waals surface area contributed by atoms with Crippen LogP contribution in [-0.4, -0.2) is 23.1 Å². The van der Waals surface area contributed by atoms with Gasteiger partial charge in [0.25, 0.3) is 0 Å². The van der Waals surface area contributed by atoms with Crippen LogP contribution in [0.15, 0.2) is 24.3 Å². The lowest BCUT2D eigenvalue weighted by atomic mass is 10.1. The molecule has 6 heteroatoms. The highest BCUT2D eigenvalue weighted by Gasteiger charge is 2.18. The lowest BCUT2D eigenvalue weighted by Gasteiger charge is -2.09. The number of rotatable bonds is 4. The summed E-state index contributed by atoms with van der Waals surface area (Å²) in [6.45, 7) is 1.58. The monoisotopic (exact) mass is 253 g/mol. The molecule has 0 bridgehead atoms. The summed E-state index contributed by atoms with van der Waals surface area (Å²) in [4.78, 5) is 30.6. The minimum Gasteiger partial charge on any atom is -0.508 e. The zero-order valence-corrected chi connectivity index (χ0v) is 9.96. The van der Waals surface area contributed by atoms with Gasteiger partial charge in [0, 0.05) is 6.42 Å². The van der Waals surface area contributed by atoms with E-state index in [1.54, 1.807) is 19.1 Å². The summed E-state index contributed by atoms with van der Waals surface area (Å²) in [5, 5.41) is 9.09. The number of hydrogen-bond donors (Lipinski definition) is 2. The third-order valence-electron chi connectivity index (χ3n) is 2.20. The Kier molecular flexibility index (Phi) is 5.13. The first kappa shape index (κ1) is 14.0. The van der Waals surface area contributed by atoms with Crippen molar-refractivity contribution in [2.24, 2.45) is 5.73 Å². The minimum atomic E-state index is -0.931. The van der Waals surface area contributed by atoms with Crippen molar-refractivity contribution in [1.82, 2.24) is 0 Å². The first-order chi connectivity index (χ1) is 8.52. The average molecular weight is 253 g/mol. The average Bonchev–Trinajstić information content (AvgIpc) is 2.38. The van der Waals surface area contributed by atoms with Crippen LogP contribution < -0.4 is 5.73 Å². The van der Waals surface area contributed by atoms with E-state index in [9.17, 15) is 9.59 Å². The van der Waals surface area contributed by atoms with Crippen molar-refractivity contribution in [3.05, 3.63) is 29.8 Å². The molecule has 1 unspecified atom stereocenters. The molecule has 0 spiro atoms. The van der Waals surface area contributed by atoms with Gasteiger partial charge in [0.15, 0.2) is 0 Å². The second-order valence-electron chi connectivity index (χ2n) is 3.69. The van der Waals surface area contributed by atoms with E-state index in [1.165, 1.54) is 12.1 Å². The number of hydrogen-bond acceptors (Lipinski definition) is 6. The SMILES string of the molecule is CCC(=O)OOC(=O)C(N)Cc1ccc(O)cc1. The van der Waals surface area contributed by atoms with Crippen LogP contribution in [0.5, 0.6) is 5.75 Å². The van der Waals surface area contributed by atoms with Gasteiger partial charge >= 0.3 is 11.9 Å². The van der Waals surface area contributed by atoms with Crippen LogP contribution in [0.25, 0.3) is 0 Å². The normalized spacial score (nSPS) is 11.7. The highest BCUT2D eigenvalue weighted by molar-refractivity contribution is 5.77. The molecule has 1 rings (SSSR count). The summed E-state index contributed by atoms with van der Waals surface area (Å²) >= 11 is 0. The molecule has 0 aliphatic heterocycles. The Labute approximate surface area is 104 Å². The lowest BCUT2D eigenvalue weighted by molar-refractivity contribution is -0.259. The summed E-state index contributed by atoms with van der Waals surface area (Å²) in [6, 6.07) is 5.33. The Morgan fingerprint density at radius 2 is 1.89 bits per heavy atom. The van der Waals surface area contributed by atoms with Gasteiger partial charge in [0.05, 0.1) is 0 Å². The number of phenols is 1. The molecule has 0 heterocycles. The summed E-state index contributed by atoms with van der Waals surface area (Å²) in [5.74, 6) is -1.32. The fraction of sp³-hybridized carbons (Fsp3) is 0.333. The second kappa shape index (κ2) is 6.61. The van der Waals surface area contributed by atoms with Crippen LogP contribution in [-0.2, 0) is 25.8 Å². The predicted molar refractivity (Wildman–Crippen MR) is 62.3 cm³/mol. The molecule has 0 saturated carbocycles. The Hall–Kier alpha value is -2.08. The Balaban J connectivity index is 2.44. The maximum atomic E-state index is 11.4. The number of benzene rings is 1. The second-order valence-corrected chi connectivity index (χ2v) is 3.69. The molecule has 3 N–H and O–H groups in total. The van der Waals surface area contributed by atoms with Crippen LogP contribution in [0.1, 0.15) is 18.9 Å². The maximum Gasteiger partial charge on any atom is 0.372 e. The van der Waals surface area contributed by atoms with Crippen LogP contribution in [0.2, 0.25) is 0 Å². The molecule has 0 radical (unpaired) electrons. The van der Waals surface area contributed by atoms with Crippen molar-refractivity contribution in [3.63, 3.8) is 0 Å². The minimum absolute atomic E-state index is 0.112. The first-order valence-electron chi connectivity index (χ1n) is 5.47. The third kappa shape index (κ3) is 4.42. The van der Waals surface area contributed by atoms with Crippen molar-refractivity contribution in [2.75, 3.05) is 0 Å². The van der Waals surface area contributed by atoms with Gasteiger partial charge < -0.3 is 10.8 Å². The summed E-state index contributed by atoms with van der Waals surface area (Å²) in [7, 11) is 0. The quantitative estimate of drug-likeness (QED) is 0.604. The Morgan fingerprint density at radius 1 is 1.28 bits per heavy atom. The Morgan fingerprint density at radius 3 is 2.44 bits per heavy atom. The molecule has 1 aromatic carbocycles. The number of nitrogens with two attached hydrogens (primary N) is 1. The molecule has 0 aliphatic carbocycles. The summed E-state index contributed by atoms with van der Waals surface area (Å²) in [6.07, 6.45) is 0.337. The van der Waals surface area contributed by atoms with E-state index in [0.717, 1.165) is 5.56 Å². The van der Waals surface area contributed by atoms with Crippen molar-refractivity contribution < 1.29 is 24.5 Å². The van der Waals surface area contributed by atoms with Gasteiger partial charge in [0.1, 0.15) is 11.8 Å². The van der Waals surface area contributed by atoms with E-state index in [0.29, 0.717) is 0 Å². The van der Waals surface area contributed by atoms with Gasteiger partial charge in [0.2, 0.25) is 0 Å². The zero-order valence-electron chi connectivity index (χ0n) is 9.96. The van der Waals surface area contributed by atoms with Gasteiger partial charge in [-0.15, -0.1) is 0 Å². The molecular weight excluding hydrogens is 238 g/mol. The lowest BCUT2D eigenvalue weighted by Crippen LogP contribution is -2.34. The predicted octanol–water partition coefficient (Wildman–Crippen LogP) is 0.673. The summed E-state index contributed by atoms with van der Waals surface area (Å²) < 4.78 is 0. The molecule has 0 saturated heterocycles. The van der Waals surface area contributed by atoms with E-state index < -0.39 is 18.0 Å². The summed E-state index contributed by atoms with van der Waals surface area (Å²) in [5.41, 5.74) is 6.35. The largest absolute Gasteiger partial charge is 0.508 e. The smallest absolute Gasteiger partial charge is 0.372 e. The van der Waals surface area contributed by atoms with E-state index in [2.05, 4.69) is 9.78 Å². The van der Waals surface area contributed by atoms with Crippen molar-refractivity contribution in [3.8, 4) is 5.75 Å². The molecule has 98 valence electrons. The highest BCUT2D eigenvalue weighted by Crippen LogP contribution is 2.11. The molecule has 0 aliphatic rings. The van der Waals surface area contributed by atoms with Crippen LogP contribution in [0.4, 0.5) is 0 Å².